The normalized spacial score (nSPS) is 19.8. The third-order valence-corrected chi connectivity index (χ3v) is 5.08. The summed E-state index contributed by atoms with van der Waals surface area (Å²) in [5.74, 6) is 0. The van der Waals surface area contributed by atoms with Crippen LogP contribution in [0.2, 0.25) is 0 Å². The molecule has 3 heteroatoms. The number of nitrogens with zero attached hydrogens (tertiary/aromatic N) is 1. The van der Waals surface area contributed by atoms with Crippen LogP contribution in [0, 0.1) is 5.41 Å². The summed E-state index contributed by atoms with van der Waals surface area (Å²) < 4.78 is 1.73. The summed E-state index contributed by atoms with van der Waals surface area (Å²) >= 11 is 0. The molecule has 1 aromatic heterocycles. The summed E-state index contributed by atoms with van der Waals surface area (Å²) in [5.41, 5.74) is 2.91. The molecule has 122 valence electrons. The largest absolute Gasteiger partial charge is 0.311 e. The second-order valence-electron chi connectivity index (χ2n) is 7.30. The molecule has 2 aromatic rings. The third-order valence-electron chi connectivity index (χ3n) is 5.08. The lowest BCUT2D eigenvalue weighted by Crippen LogP contribution is -2.37. The van der Waals surface area contributed by atoms with Crippen molar-refractivity contribution in [3.63, 3.8) is 0 Å². The highest BCUT2D eigenvalue weighted by Crippen LogP contribution is 2.37. The summed E-state index contributed by atoms with van der Waals surface area (Å²) in [4.78, 5) is 11.8. The molecule has 1 fully saturated rings. The van der Waals surface area contributed by atoms with Gasteiger partial charge in [-0.3, -0.25) is 4.79 Å². The molecular weight excluding hydrogens is 284 g/mol. The van der Waals surface area contributed by atoms with E-state index in [2.05, 4.69) is 43.4 Å². The Morgan fingerprint density at radius 3 is 2.52 bits per heavy atom. The highest BCUT2D eigenvalue weighted by Gasteiger charge is 2.33. The lowest BCUT2D eigenvalue weighted by Gasteiger charge is -2.28. The van der Waals surface area contributed by atoms with E-state index >= 15 is 0 Å². The van der Waals surface area contributed by atoms with Gasteiger partial charge >= 0.3 is 0 Å². The topological polar surface area (TPSA) is 34.0 Å². The molecule has 1 heterocycles. The molecule has 0 aliphatic heterocycles. The van der Waals surface area contributed by atoms with Gasteiger partial charge < -0.3 is 9.88 Å². The van der Waals surface area contributed by atoms with Gasteiger partial charge in [-0.2, -0.15) is 0 Å². The maximum atomic E-state index is 11.8. The van der Waals surface area contributed by atoms with Gasteiger partial charge in [0.2, 0.25) is 0 Å². The Morgan fingerprint density at radius 2 is 1.87 bits per heavy atom. The minimum atomic E-state index is 0.0432. The monoisotopic (exact) mass is 310 g/mol. The van der Waals surface area contributed by atoms with Crippen molar-refractivity contribution in [2.45, 2.75) is 52.2 Å². The quantitative estimate of drug-likeness (QED) is 0.916. The van der Waals surface area contributed by atoms with E-state index in [9.17, 15) is 4.79 Å². The molecule has 1 atom stereocenters. The van der Waals surface area contributed by atoms with Crippen molar-refractivity contribution >= 4 is 0 Å². The van der Waals surface area contributed by atoms with Crippen LogP contribution in [0.25, 0.3) is 0 Å². The van der Waals surface area contributed by atoms with Gasteiger partial charge in [-0.15, -0.1) is 0 Å². The van der Waals surface area contributed by atoms with E-state index in [0.29, 0.717) is 18.0 Å². The van der Waals surface area contributed by atoms with Gasteiger partial charge in [0, 0.05) is 24.8 Å². The van der Waals surface area contributed by atoms with Gasteiger partial charge in [0.05, 0.1) is 6.54 Å². The van der Waals surface area contributed by atoms with E-state index in [-0.39, 0.29) is 5.56 Å². The van der Waals surface area contributed by atoms with Crippen molar-refractivity contribution in [2.75, 3.05) is 0 Å². The van der Waals surface area contributed by atoms with Gasteiger partial charge in [0.15, 0.2) is 0 Å². The van der Waals surface area contributed by atoms with Crippen molar-refractivity contribution in [1.82, 2.24) is 9.88 Å². The summed E-state index contributed by atoms with van der Waals surface area (Å²) in [6.45, 7) is 6.26. The Labute approximate surface area is 138 Å². The summed E-state index contributed by atoms with van der Waals surface area (Å²) in [6, 6.07) is 14.5. The van der Waals surface area contributed by atoms with E-state index in [1.54, 1.807) is 16.7 Å². The second-order valence-corrected chi connectivity index (χ2v) is 7.30. The fraction of sp³-hybridized carbons (Fsp3) is 0.450. The van der Waals surface area contributed by atoms with Gasteiger partial charge in [-0.05, 0) is 35.4 Å². The molecule has 0 spiro atoms. The fourth-order valence-electron chi connectivity index (χ4n) is 3.50. The zero-order valence-electron chi connectivity index (χ0n) is 14.1. The molecule has 3 rings (SSSR count). The predicted molar refractivity (Wildman–Crippen MR) is 94.5 cm³/mol. The zero-order chi connectivity index (χ0) is 16.3. The molecular formula is C20H26N2O. The van der Waals surface area contributed by atoms with E-state index in [4.69, 9.17) is 0 Å². The van der Waals surface area contributed by atoms with Crippen LogP contribution in [-0.2, 0) is 13.1 Å². The van der Waals surface area contributed by atoms with Gasteiger partial charge in [0.25, 0.3) is 5.56 Å². The molecule has 0 saturated heterocycles. The van der Waals surface area contributed by atoms with Crippen molar-refractivity contribution in [3.8, 4) is 0 Å². The first-order valence-electron chi connectivity index (χ1n) is 8.51. The first-order chi connectivity index (χ1) is 11.0. The van der Waals surface area contributed by atoms with E-state index in [1.165, 1.54) is 24.8 Å². The van der Waals surface area contributed by atoms with E-state index < -0.39 is 0 Å². The van der Waals surface area contributed by atoms with Crippen LogP contribution in [0.4, 0.5) is 0 Å². The molecule has 1 saturated carbocycles. The van der Waals surface area contributed by atoms with Gasteiger partial charge in [-0.25, -0.2) is 0 Å². The van der Waals surface area contributed by atoms with Crippen LogP contribution < -0.4 is 10.9 Å². The van der Waals surface area contributed by atoms with E-state index in [0.717, 1.165) is 12.1 Å². The van der Waals surface area contributed by atoms with Crippen LogP contribution in [0.1, 0.15) is 44.2 Å². The Morgan fingerprint density at radius 1 is 1.13 bits per heavy atom. The molecule has 1 aliphatic carbocycles. The minimum Gasteiger partial charge on any atom is -0.311 e. The maximum absolute atomic E-state index is 11.8. The predicted octanol–water partition coefficient (Wildman–Crippen LogP) is 3.56. The Balaban J connectivity index is 1.59. The Kier molecular flexibility index (Phi) is 4.67. The SMILES string of the molecule is CC1(C)CCCC1NCc1ccc(Cn2ccccc2=O)cc1. The van der Waals surface area contributed by atoms with E-state index in [1.807, 2.05) is 12.3 Å². The fourth-order valence-corrected chi connectivity index (χ4v) is 3.50. The molecule has 1 N–H and O–H groups in total. The van der Waals surface area contributed by atoms with Crippen LogP contribution in [-0.4, -0.2) is 10.6 Å². The van der Waals surface area contributed by atoms with Crippen LogP contribution in [0.15, 0.2) is 53.5 Å². The zero-order valence-corrected chi connectivity index (χ0v) is 14.1. The molecule has 1 aromatic carbocycles. The first-order valence-corrected chi connectivity index (χ1v) is 8.51. The summed E-state index contributed by atoms with van der Waals surface area (Å²) in [5, 5.41) is 3.71. The number of hydrogen-bond donors (Lipinski definition) is 1. The highest BCUT2D eigenvalue weighted by atomic mass is 16.1. The summed E-state index contributed by atoms with van der Waals surface area (Å²) in [7, 11) is 0. The second kappa shape index (κ2) is 6.71. The minimum absolute atomic E-state index is 0.0432. The van der Waals surface area contributed by atoms with Crippen LogP contribution >= 0.6 is 0 Å². The summed E-state index contributed by atoms with van der Waals surface area (Å²) in [6.07, 6.45) is 5.76. The Bertz CT molecular complexity index is 700. The average molecular weight is 310 g/mol. The molecule has 3 nitrogen and oxygen atoms in total. The molecule has 0 amide bonds. The Hall–Kier alpha value is -1.87. The molecule has 1 unspecified atom stereocenters. The molecule has 1 aliphatic rings. The lowest BCUT2D eigenvalue weighted by atomic mass is 9.87. The first kappa shape index (κ1) is 16.0. The maximum Gasteiger partial charge on any atom is 0.250 e. The third kappa shape index (κ3) is 3.91. The lowest BCUT2D eigenvalue weighted by molar-refractivity contribution is 0.282. The average Bonchev–Trinajstić information content (AvgIpc) is 2.87. The van der Waals surface area contributed by atoms with Gasteiger partial charge in [0.1, 0.15) is 0 Å². The van der Waals surface area contributed by atoms with Crippen LogP contribution in [0.5, 0.6) is 0 Å². The molecule has 23 heavy (non-hydrogen) atoms. The van der Waals surface area contributed by atoms with Crippen molar-refractivity contribution in [2.24, 2.45) is 5.41 Å². The van der Waals surface area contributed by atoms with Crippen molar-refractivity contribution in [3.05, 3.63) is 70.1 Å². The van der Waals surface area contributed by atoms with Crippen LogP contribution in [0.3, 0.4) is 0 Å². The number of nitrogens with one attached hydrogen (secondary N) is 1. The van der Waals surface area contributed by atoms with Crippen molar-refractivity contribution in [1.29, 1.82) is 0 Å². The van der Waals surface area contributed by atoms with Gasteiger partial charge in [-0.1, -0.05) is 50.6 Å². The molecule has 0 radical (unpaired) electrons. The number of pyridine rings is 1. The smallest absolute Gasteiger partial charge is 0.250 e. The highest BCUT2D eigenvalue weighted by molar-refractivity contribution is 5.23. The molecule has 0 bridgehead atoms. The number of rotatable bonds is 5. The van der Waals surface area contributed by atoms with Crippen molar-refractivity contribution < 1.29 is 0 Å². The standard InChI is InChI=1S/C20H26N2O/c1-20(2)12-5-6-18(20)21-14-16-8-10-17(11-9-16)15-22-13-4-3-7-19(22)23/h3-4,7-11,13,18,21H,5-6,12,14-15H2,1-2H3. The number of aromatic nitrogens is 1. The number of hydrogen-bond acceptors (Lipinski definition) is 2. The number of benzene rings is 1.